The van der Waals surface area contributed by atoms with E-state index in [1.165, 1.54) is 30.6 Å². The summed E-state index contributed by atoms with van der Waals surface area (Å²) in [6, 6.07) is 19.1. The molecule has 0 spiro atoms. The Morgan fingerprint density at radius 2 is 1.48 bits per heavy atom. The number of hydrogen-bond donors (Lipinski definition) is 3. The number of amides is 2. The highest BCUT2D eigenvalue weighted by Crippen LogP contribution is 2.35. The van der Waals surface area contributed by atoms with Crippen LogP contribution in [0, 0.1) is 0 Å². The summed E-state index contributed by atoms with van der Waals surface area (Å²) in [4.78, 5) is 38.7. The van der Waals surface area contributed by atoms with Gasteiger partial charge in [0.1, 0.15) is 23.5 Å². The molecule has 48 heavy (non-hydrogen) atoms. The number of benzene rings is 3. The van der Waals surface area contributed by atoms with Crippen LogP contribution in [0.5, 0.6) is 11.5 Å². The molecule has 5 rings (SSSR count). The highest BCUT2D eigenvalue weighted by Gasteiger charge is 2.30. The maximum absolute atomic E-state index is 13.2. The summed E-state index contributed by atoms with van der Waals surface area (Å²) in [7, 11) is 0. The van der Waals surface area contributed by atoms with Gasteiger partial charge < -0.3 is 20.1 Å². The van der Waals surface area contributed by atoms with Crippen molar-refractivity contribution in [1.82, 2.24) is 15.0 Å². The second-order valence-corrected chi connectivity index (χ2v) is 12.1. The molecule has 2 heterocycles. The summed E-state index contributed by atoms with van der Waals surface area (Å²) in [5.74, 6) is 0.784. The molecule has 0 aliphatic carbocycles. The highest BCUT2D eigenvalue weighted by atomic mass is 19.4. The van der Waals surface area contributed by atoms with Crippen LogP contribution in [0.2, 0.25) is 0 Å². The summed E-state index contributed by atoms with van der Waals surface area (Å²) in [6.07, 6.45) is -3.72. The topological polar surface area (TPSA) is 127 Å². The molecule has 0 saturated carbocycles. The minimum atomic E-state index is -4.50. The molecule has 0 bridgehead atoms. The molecule has 13 heteroatoms. The van der Waals surface area contributed by atoms with Crippen LogP contribution < -0.4 is 20.7 Å². The second-order valence-electron chi connectivity index (χ2n) is 12.1. The van der Waals surface area contributed by atoms with Gasteiger partial charge in [-0.15, -0.1) is 0 Å². The number of ether oxygens (including phenoxy) is 2. The Kier molecular flexibility index (Phi) is 9.50. The molecule has 0 aliphatic heterocycles. The molecule has 0 radical (unpaired) electrons. The van der Waals surface area contributed by atoms with Crippen molar-refractivity contribution < 1.29 is 32.2 Å². The van der Waals surface area contributed by atoms with Crippen LogP contribution >= 0.6 is 0 Å². The Bertz CT molecular complexity index is 1940. The van der Waals surface area contributed by atoms with E-state index in [1.807, 2.05) is 26.0 Å². The van der Waals surface area contributed by atoms with Gasteiger partial charge in [-0.25, -0.2) is 19.7 Å². The minimum absolute atomic E-state index is 0.186. The second kappa shape index (κ2) is 13.6. The van der Waals surface area contributed by atoms with E-state index < -0.39 is 29.3 Å². The number of carbonyl (C=O) groups is 2. The fourth-order valence-electron chi connectivity index (χ4n) is 4.46. The van der Waals surface area contributed by atoms with E-state index in [9.17, 15) is 22.8 Å². The average Bonchev–Trinajstić information content (AvgIpc) is 3.01. The third kappa shape index (κ3) is 8.55. The van der Waals surface area contributed by atoms with Gasteiger partial charge in [-0.1, -0.05) is 13.8 Å². The number of carbonyl (C=O) groups excluding carboxylic acids is 2. The largest absolute Gasteiger partial charge is 0.455 e. The van der Waals surface area contributed by atoms with Crippen molar-refractivity contribution in [3.63, 3.8) is 0 Å². The van der Waals surface area contributed by atoms with E-state index in [-0.39, 0.29) is 17.2 Å². The van der Waals surface area contributed by atoms with Crippen molar-refractivity contribution in [1.29, 1.82) is 0 Å². The van der Waals surface area contributed by atoms with E-state index in [0.29, 0.717) is 39.7 Å². The first kappa shape index (κ1) is 33.6. The van der Waals surface area contributed by atoms with Gasteiger partial charge >= 0.3 is 12.3 Å². The van der Waals surface area contributed by atoms with Gasteiger partial charge in [-0.05, 0) is 106 Å². The Balaban J connectivity index is 1.43. The first-order valence-electron chi connectivity index (χ1n) is 14.9. The first-order valence-corrected chi connectivity index (χ1v) is 14.9. The Morgan fingerprint density at radius 1 is 0.812 bits per heavy atom. The highest BCUT2D eigenvalue weighted by molar-refractivity contribution is 6.05. The maximum Gasteiger partial charge on any atom is 0.416 e. The summed E-state index contributed by atoms with van der Waals surface area (Å²) < 4.78 is 50.5. The summed E-state index contributed by atoms with van der Waals surface area (Å²) in [5.41, 5.74) is 1.10. The fraction of sp³-hybridized carbons (Fsp3) is 0.229. The van der Waals surface area contributed by atoms with Gasteiger partial charge in [0.2, 0.25) is 0 Å². The van der Waals surface area contributed by atoms with Crippen molar-refractivity contribution in [3.8, 4) is 11.5 Å². The molecule has 0 unspecified atom stereocenters. The first-order chi connectivity index (χ1) is 22.6. The average molecular weight is 659 g/mol. The predicted octanol–water partition coefficient (Wildman–Crippen LogP) is 9.30. The molecular weight excluding hydrogens is 625 g/mol. The SMILES string of the molecule is CC(C)c1ccc2c(Nc3cc(C(=O)Nc4ccc(C(F)(F)F)cc4)ccc3Oc3ccc(NC(=O)OC(C)(C)C)cc3)ncnc2n1. The third-order valence-electron chi connectivity index (χ3n) is 6.80. The number of nitrogens with zero attached hydrogens (tertiary/aromatic N) is 3. The zero-order valence-corrected chi connectivity index (χ0v) is 26.8. The number of nitrogens with one attached hydrogen (secondary N) is 3. The number of halogens is 3. The predicted molar refractivity (Wildman–Crippen MR) is 177 cm³/mol. The van der Waals surface area contributed by atoms with Gasteiger partial charge in [-0.3, -0.25) is 10.1 Å². The molecule has 0 aliphatic rings. The van der Waals surface area contributed by atoms with Gasteiger partial charge in [0, 0.05) is 22.6 Å². The molecule has 2 aromatic heterocycles. The molecular formula is C35H33F3N6O4. The van der Waals surface area contributed by atoms with Crippen LogP contribution in [0.3, 0.4) is 0 Å². The van der Waals surface area contributed by atoms with Crippen LogP contribution in [0.1, 0.15) is 62.2 Å². The lowest BCUT2D eigenvalue weighted by Gasteiger charge is -2.19. The van der Waals surface area contributed by atoms with Crippen LogP contribution in [-0.2, 0) is 10.9 Å². The number of fused-ring (bicyclic) bond motifs is 1. The lowest BCUT2D eigenvalue weighted by atomic mass is 10.1. The van der Waals surface area contributed by atoms with Gasteiger partial charge in [-0.2, -0.15) is 13.2 Å². The van der Waals surface area contributed by atoms with Gasteiger partial charge in [0.15, 0.2) is 11.4 Å². The molecule has 3 N–H and O–H groups in total. The van der Waals surface area contributed by atoms with Crippen molar-refractivity contribution in [2.45, 2.75) is 52.3 Å². The lowest BCUT2D eigenvalue weighted by molar-refractivity contribution is -0.137. The molecule has 248 valence electrons. The number of alkyl halides is 3. The molecule has 2 amide bonds. The number of aromatic nitrogens is 3. The number of rotatable bonds is 8. The molecule has 0 saturated heterocycles. The Morgan fingerprint density at radius 3 is 2.12 bits per heavy atom. The molecule has 0 atom stereocenters. The summed E-state index contributed by atoms with van der Waals surface area (Å²) >= 11 is 0. The zero-order chi connectivity index (χ0) is 34.6. The summed E-state index contributed by atoms with van der Waals surface area (Å²) in [5, 5.41) is 9.15. The normalized spacial score (nSPS) is 11.7. The van der Waals surface area contributed by atoms with Crippen LogP contribution in [0.25, 0.3) is 11.0 Å². The van der Waals surface area contributed by atoms with Crippen molar-refractivity contribution in [2.75, 3.05) is 16.0 Å². The van der Waals surface area contributed by atoms with E-state index in [4.69, 9.17) is 9.47 Å². The smallest absolute Gasteiger partial charge is 0.416 e. The number of pyridine rings is 1. The fourth-order valence-corrected chi connectivity index (χ4v) is 4.46. The standard InChI is InChI=1S/C35H33F3N6O4/c1-20(2)27-16-15-26-30(43-27)39-19-40-31(26)44-28-18-21(32(45)41-23-9-7-22(8-10-23)35(36,37)38)6-17-29(28)47-25-13-11-24(12-14-25)42-33(46)48-34(3,4)5/h6-20H,1-5H3,(H,41,45)(H,42,46)(H,39,40,43,44). The van der Waals surface area contributed by atoms with Crippen molar-refractivity contribution in [3.05, 3.63) is 102 Å². The molecule has 5 aromatic rings. The van der Waals surface area contributed by atoms with E-state index >= 15 is 0 Å². The quantitative estimate of drug-likeness (QED) is 0.151. The van der Waals surface area contributed by atoms with Gasteiger partial charge in [0.05, 0.1) is 16.6 Å². The summed E-state index contributed by atoms with van der Waals surface area (Å²) in [6.45, 7) is 9.35. The van der Waals surface area contributed by atoms with Crippen molar-refractivity contribution in [2.24, 2.45) is 0 Å². The molecule has 0 fully saturated rings. The van der Waals surface area contributed by atoms with E-state index in [2.05, 4.69) is 30.9 Å². The maximum atomic E-state index is 13.2. The molecule has 3 aromatic carbocycles. The Labute approximate surface area is 274 Å². The van der Waals surface area contributed by atoms with E-state index in [1.54, 1.807) is 51.1 Å². The zero-order valence-electron chi connectivity index (χ0n) is 26.8. The molecule has 10 nitrogen and oxygen atoms in total. The Hall–Kier alpha value is -5.72. The van der Waals surface area contributed by atoms with E-state index in [0.717, 1.165) is 17.8 Å². The van der Waals surface area contributed by atoms with Gasteiger partial charge in [0.25, 0.3) is 5.91 Å². The minimum Gasteiger partial charge on any atom is -0.455 e. The monoisotopic (exact) mass is 658 g/mol. The lowest BCUT2D eigenvalue weighted by Crippen LogP contribution is -2.27. The number of anilines is 4. The van der Waals surface area contributed by atoms with Crippen LogP contribution in [0.15, 0.2) is 85.2 Å². The van der Waals surface area contributed by atoms with Crippen molar-refractivity contribution >= 4 is 45.9 Å². The third-order valence-corrected chi connectivity index (χ3v) is 6.80. The van der Waals surface area contributed by atoms with Crippen LogP contribution in [0.4, 0.5) is 40.8 Å². The number of hydrogen-bond acceptors (Lipinski definition) is 8. The van der Waals surface area contributed by atoms with Crippen LogP contribution in [-0.4, -0.2) is 32.6 Å².